The molecule has 1 spiro atoms. The summed E-state index contributed by atoms with van der Waals surface area (Å²) in [5, 5.41) is 8.65. The van der Waals surface area contributed by atoms with Crippen LogP contribution in [0.15, 0.2) is 0 Å². The summed E-state index contributed by atoms with van der Waals surface area (Å²) in [6, 6.07) is -1.02. The monoisotopic (exact) mass is 294 g/mol. The topological polar surface area (TPSA) is 113 Å². The molecule has 3 rings (SSSR count). The van der Waals surface area contributed by atoms with E-state index in [1.165, 1.54) is 12.8 Å². The van der Waals surface area contributed by atoms with Gasteiger partial charge in [-0.15, -0.1) is 0 Å². The van der Waals surface area contributed by atoms with Crippen molar-refractivity contribution in [1.29, 1.82) is 0 Å². The van der Waals surface area contributed by atoms with E-state index in [1.54, 1.807) is 0 Å². The Labute approximate surface area is 123 Å². The van der Waals surface area contributed by atoms with Crippen LogP contribution < -0.4 is 21.7 Å². The smallest absolute Gasteiger partial charge is 0.240 e. The largest absolute Gasteiger partial charge is 0.368 e. The van der Waals surface area contributed by atoms with Crippen LogP contribution >= 0.6 is 0 Å². The van der Waals surface area contributed by atoms with Gasteiger partial charge in [0.1, 0.15) is 6.04 Å². The molecular formula is C14H22N4O3. The first-order chi connectivity index (χ1) is 9.99. The molecule has 21 heavy (non-hydrogen) atoms. The minimum absolute atomic E-state index is 0.0635. The molecule has 2 heterocycles. The van der Waals surface area contributed by atoms with Crippen LogP contribution in [-0.2, 0) is 14.4 Å². The number of carbonyl (C=O) groups is 3. The number of rotatable bonds is 5. The highest BCUT2D eigenvalue weighted by molar-refractivity contribution is 5.90. The van der Waals surface area contributed by atoms with Gasteiger partial charge in [-0.2, -0.15) is 0 Å². The first-order valence-corrected chi connectivity index (χ1v) is 7.60. The van der Waals surface area contributed by atoms with Crippen molar-refractivity contribution in [2.24, 2.45) is 17.1 Å². The third kappa shape index (κ3) is 3.02. The summed E-state index contributed by atoms with van der Waals surface area (Å²) in [6.07, 6.45) is 4.14. The van der Waals surface area contributed by atoms with Crippen molar-refractivity contribution >= 4 is 17.7 Å². The molecule has 1 aliphatic carbocycles. The molecule has 0 aromatic rings. The highest BCUT2D eigenvalue weighted by atomic mass is 16.2. The molecule has 7 nitrogen and oxygen atoms in total. The average Bonchev–Trinajstić information content (AvgIpc) is 2.86. The summed E-state index contributed by atoms with van der Waals surface area (Å²) >= 11 is 0. The summed E-state index contributed by atoms with van der Waals surface area (Å²) in [6.45, 7) is 1.49. The van der Waals surface area contributed by atoms with Gasteiger partial charge in [0.05, 0.1) is 6.04 Å². The first kappa shape index (κ1) is 14.3. The second-order valence-corrected chi connectivity index (χ2v) is 6.61. The van der Waals surface area contributed by atoms with Gasteiger partial charge in [-0.3, -0.25) is 14.4 Å². The lowest BCUT2D eigenvalue weighted by molar-refractivity contribution is -0.129. The second kappa shape index (κ2) is 5.29. The van der Waals surface area contributed by atoms with E-state index in [0.29, 0.717) is 18.4 Å². The highest BCUT2D eigenvalue weighted by Crippen LogP contribution is 2.51. The Hall–Kier alpha value is -1.63. The molecule has 0 aromatic carbocycles. The number of primary amides is 1. The maximum atomic E-state index is 12.2. The zero-order valence-electron chi connectivity index (χ0n) is 12.0. The first-order valence-electron chi connectivity index (χ1n) is 7.60. The number of amides is 3. The van der Waals surface area contributed by atoms with Crippen molar-refractivity contribution in [3.63, 3.8) is 0 Å². The van der Waals surface area contributed by atoms with Gasteiger partial charge in [0, 0.05) is 19.0 Å². The van der Waals surface area contributed by atoms with Crippen LogP contribution in [0.25, 0.3) is 0 Å². The standard InChI is InChI=1S/C14H22N4O3/c15-11(19)9(5-8-1-4-16-12(8)20)18-13(21)10-6-14(2-3-14)7-17-10/h8-10,17H,1-7H2,(H2,15,19)(H,16,20)(H,18,21)/t8-,9-,10-/m0/s1. The molecule has 2 saturated heterocycles. The van der Waals surface area contributed by atoms with Crippen LogP contribution in [0.3, 0.4) is 0 Å². The van der Waals surface area contributed by atoms with Gasteiger partial charge in [0.2, 0.25) is 17.7 Å². The molecule has 0 aromatic heterocycles. The summed E-state index contributed by atoms with van der Waals surface area (Å²) in [4.78, 5) is 35.4. The number of hydrogen-bond acceptors (Lipinski definition) is 4. The number of nitrogens with two attached hydrogens (primary N) is 1. The molecule has 3 fully saturated rings. The summed E-state index contributed by atoms with van der Waals surface area (Å²) in [7, 11) is 0. The molecule has 7 heteroatoms. The van der Waals surface area contributed by atoms with Crippen molar-refractivity contribution in [3.8, 4) is 0 Å². The van der Waals surface area contributed by atoms with Crippen LogP contribution in [-0.4, -0.2) is 42.9 Å². The Kier molecular flexibility index (Phi) is 3.61. The molecule has 0 unspecified atom stereocenters. The highest BCUT2D eigenvalue weighted by Gasteiger charge is 2.50. The lowest BCUT2D eigenvalue weighted by Crippen LogP contribution is -2.51. The van der Waals surface area contributed by atoms with Gasteiger partial charge in [0.25, 0.3) is 0 Å². The molecule has 0 bridgehead atoms. The van der Waals surface area contributed by atoms with Crippen LogP contribution in [0.1, 0.15) is 32.1 Å². The van der Waals surface area contributed by atoms with Gasteiger partial charge in [-0.25, -0.2) is 0 Å². The molecule has 5 N–H and O–H groups in total. The summed E-state index contributed by atoms with van der Waals surface area (Å²) < 4.78 is 0. The van der Waals surface area contributed by atoms with Crippen molar-refractivity contribution in [2.75, 3.05) is 13.1 Å². The third-order valence-electron chi connectivity index (χ3n) is 4.98. The Morgan fingerprint density at radius 1 is 1.43 bits per heavy atom. The van der Waals surface area contributed by atoms with Gasteiger partial charge < -0.3 is 21.7 Å². The summed E-state index contributed by atoms with van der Waals surface area (Å²) in [5.74, 6) is -1.07. The van der Waals surface area contributed by atoms with Crippen LogP contribution in [0.2, 0.25) is 0 Å². The minimum Gasteiger partial charge on any atom is -0.368 e. The van der Waals surface area contributed by atoms with Crippen molar-refractivity contribution in [2.45, 2.75) is 44.2 Å². The SMILES string of the molecule is NC(=O)[C@H](C[C@@H]1CCNC1=O)NC(=O)[C@@H]1CC2(CC2)CN1. The maximum Gasteiger partial charge on any atom is 0.240 e. The predicted molar refractivity (Wildman–Crippen MR) is 74.9 cm³/mol. The fourth-order valence-corrected chi connectivity index (χ4v) is 3.33. The van der Waals surface area contributed by atoms with Crippen molar-refractivity contribution in [1.82, 2.24) is 16.0 Å². The van der Waals surface area contributed by atoms with E-state index in [-0.39, 0.29) is 30.2 Å². The molecular weight excluding hydrogens is 272 g/mol. The van der Waals surface area contributed by atoms with Crippen LogP contribution in [0.4, 0.5) is 0 Å². The van der Waals surface area contributed by atoms with E-state index in [1.807, 2.05) is 0 Å². The van der Waals surface area contributed by atoms with E-state index in [0.717, 1.165) is 13.0 Å². The zero-order valence-corrected chi connectivity index (χ0v) is 12.0. The molecule has 3 atom stereocenters. The third-order valence-corrected chi connectivity index (χ3v) is 4.98. The zero-order chi connectivity index (χ0) is 15.0. The predicted octanol–water partition coefficient (Wildman–Crippen LogP) is -1.38. The lowest BCUT2D eigenvalue weighted by atomic mass is 9.97. The molecule has 2 aliphatic heterocycles. The van der Waals surface area contributed by atoms with Gasteiger partial charge in [0.15, 0.2) is 0 Å². The number of hydrogen-bond donors (Lipinski definition) is 4. The normalized spacial score (nSPS) is 31.0. The van der Waals surface area contributed by atoms with Gasteiger partial charge in [-0.05, 0) is 37.5 Å². The number of nitrogens with one attached hydrogen (secondary N) is 3. The van der Waals surface area contributed by atoms with E-state index in [4.69, 9.17) is 5.73 Å². The van der Waals surface area contributed by atoms with E-state index < -0.39 is 11.9 Å². The quantitative estimate of drug-likeness (QED) is 0.501. The fraction of sp³-hybridized carbons (Fsp3) is 0.786. The van der Waals surface area contributed by atoms with E-state index >= 15 is 0 Å². The van der Waals surface area contributed by atoms with E-state index in [2.05, 4.69) is 16.0 Å². The van der Waals surface area contributed by atoms with Crippen LogP contribution in [0.5, 0.6) is 0 Å². The van der Waals surface area contributed by atoms with Crippen molar-refractivity contribution in [3.05, 3.63) is 0 Å². The molecule has 1 saturated carbocycles. The van der Waals surface area contributed by atoms with Crippen LogP contribution in [0, 0.1) is 11.3 Å². The fourth-order valence-electron chi connectivity index (χ4n) is 3.33. The Morgan fingerprint density at radius 3 is 2.71 bits per heavy atom. The van der Waals surface area contributed by atoms with E-state index in [9.17, 15) is 14.4 Å². The molecule has 3 amide bonds. The minimum atomic E-state index is -0.774. The van der Waals surface area contributed by atoms with Gasteiger partial charge in [-0.1, -0.05) is 0 Å². The molecule has 116 valence electrons. The molecule has 3 aliphatic rings. The Morgan fingerprint density at radius 2 is 2.19 bits per heavy atom. The summed E-state index contributed by atoms with van der Waals surface area (Å²) in [5.41, 5.74) is 5.68. The number of carbonyl (C=O) groups excluding carboxylic acids is 3. The second-order valence-electron chi connectivity index (χ2n) is 6.61. The Bertz CT molecular complexity index is 475. The maximum absolute atomic E-state index is 12.2. The lowest BCUT2D eigenvalue weighted by Gasteiger charge is -2.20. The van der Waals surface area contributed by atoms with Crippen molar-refractivity contribution < 1.29 is 14.4 Å². The van der Waals surface area contributed by atoms with Gasteiger partial charge >= 0.3 is 0 Å². The molecule has 0 radical (unpaired) electrons. The average molecular weight is 294 g/mol. The Balaban J connectivity index is 1.55.